The molecule has 116 valence electrons. The summed E-state index contributed by atoms with van der Waals surface area (Å²) in [6.45, 7) is 0.371. The maximum Gasteiger partial charge on any atom is 0.319 e. The average molecular weight is 373 g/mol. The van der Waals surface area contributed by atoms with Gasteiger partial charge in [0, 0.05) is 31.3 Å². The Kier molecular flexibility index (Phi) is 4.62. The van der Waals surface area contributed by atoms with Gasteiger partial charge in [-0.05, 0) is 45.8 Å². The lowest BCUT2D eigenvalue weighted by atomic mass is 10.3. The number of nitrogens with one attached hydrogen (secondary N) is 2. The monoisotopic (exact) mass is 372 g/mol. The number of rotatable bonds is 4. The van der Waals surface area contributed by atoms with Gasteiger partial charge in [-0.15, -0.1) is 0 Å². The summed E-state index contributed by atoms with van der Waals surface area (Å²) in [5.74, 6) is 0.725. The molecule has 3 aromatic rings. The first-order chi connectivity index (χ1) is 11.2. The summed E-state index contributed by atoms with van der Waals surface area (Å²) in [5.41, 5.74) is 1.50. The van der Waals surface area contributed by atoms with Gasteiger partial charge in [-0.25, -0.2) is 19.4 Å². The number of anilines is 1. The van der Waals surface area contributed by atoms with Crippen LogP contribution in [0.2, 0.25) is 0 Å². The number of nitrogens with zero attached hydrogens (tertiary/aromatic N) is 4. The maximum atomic E-state index is 11.9. The third kappa shape index (κ3) is 3.92. The Balaban J connectivity index is 1.56. The van der Waals surface area contributed by atoms with E-state index in [0.29, 0.717) is 16.8 Å². The van der Waals surface area contributed by atoms with E-state index in [1.54, 1.807) is 35.4 Å². The molecular weight excluding hydrogens is 360 g/mol. The molecule has 0 aliphatic heterocycles. The highest BCUT2D eigenvalue weighted by Crippen LogP contribution is 2.17. The zero-order chi connectivity index (χ0) is 16.1. The number of halogens is 1. The van der Waals surface area contributed by atoms with Crippen LogP contribution in [-0.2, 0) is 6.54 Å². The summed E-state index contributed by atoms with van der Waals surface area (Å²) in [7, 11) is 0. The van der Waals surface area contributed by atoms with Crippen molar-refractivity contribution in [3.8, 4) is 5.82 Å². The number of pyridine rings is 2. The van der Waals surface area contributed by atoms with Crippen LogP contribution in [0.1, 0.15) is 5.56 Å². The quantitative estimate of drug-likeness (QED) is 0.689. The summed E-state index contributed by atoms with van der Waals surface area (Å²) in [5, 5.41) is 9.60. The van der Waals surface area contributed by atoms with E-state index in [4.69, 9.17) is 0 Å². The van der Waals surface area contributed by atoms with Crippen LogP contribution in [0.4, 0.5) is 10.5 Å². The third-order valence-corrected chi connectivity index (χ3v) is 3.64. The molecule has 8 heteroatoms. The number of urea groups is 1. The van der Waals surface area contributed by atoms with Crippen molar-refractivity contribution in [1.29, 1.82) is 0 Å². The number of carbonyl (C=O) groups excluding carboxylic acids is 1. The highest BCUT2D eigenvalue weighted by Gasteiger charge is 2.05. The Morgan fingerprint density at radius 1 is 1.17 bits per heavy atom. The molecule has 7 nitrogen and oxygen atoms in total. The Hall–Kier alpha value is -2.74. The van der Waals surface area contributed by atoms with Crippen molar-refractivity contribution in [3.05, 3.63) is 65.3 Å². The summed E-state index contributed by atoms with van der Waals surface area (Å²) in [4.78, 5) is 20.2. The molecule has 0 aliphatic rings. The second kappa shape index (κ2) is 7.01. The summed E-state index contributed by atoms with van der Waals surface area (Å²) < 4.78 is 2.25. The van der Waals surface area contributed by atoms with Crippen LogP contribution in [-0.4, -0.2) is 25.8 Å². The smallest absolute Gasteiger partial charge is 0.319 e. The second-order valence-corrected chi connectivity index (χ2v) is 5.38. The molecule has 0 fully saturated rings. The molecule has 2 N–H and O–H groups in total. The highest BCUT2D eigenvalue weighted by atomic mass is 79.9. The standard InChI is InChI=1S/C15H13BrN6O/c16-14-12(3-1-6-17-14)21-15(23)19-10-11-4-5-13(18-9-11)22-8-2-7-20-22/h1-9H,10H2,(H2,19,21,23). The predicted molar refractivity (Wildman–Crippen MR) is 89.2 cm³/mol. The highest BCUT2D eigenvalue weighted by molar-refractivity contribution is 9.10. The molecule has 0 aromatic carbocycles. The Morgan fingerprint density at radius 3 is 2.78 bits per heavy atom. The first-order valence-electron chi connectivity index (χ1n) is 6.83. The number of carbonyl (C=O) groups is 1. The van der Waals surface area contributed by atoms with Gasteiger partial charge in [0.2, 0.25) is 0 Å². The van der Waals surface area contributed by atoms with E-state index in [2.05, 4.69) is 41.6 Å². The van der Waals surface area contributed by atoms with Crippen LogP contribution < -0.4 is 10.6 Å². The van der Waals surface area contributed by atoms with Gasteiger partial charge in [-0.3, -0.25) is 0 Å². The molecule has 0 atom stereocenters. The van der Waals surface area contributed by atoms with Crippen LogP contribution in [0.5, 0.6) is 0 Å². The van der Waals surface area contributed by atoms with E-state index in [1.807, 2.05) is 24.4 Å². The number of amides is 2. The van der Waals surface area contributed by atoms with Gasteiger partial charge < -0.3 is 10.6 Å². The van der Waals surface area contributed by atoms with Crippen molar-refractivity contribution in [1.82, 2.24) is 25.1 Å². The van der Waals surface area contributed by atoms with Gasteiger partial charge in [0.15, 0.2) is 5.82 Å². The lowest BCUT2D eigenvalue weighted by molar-refractivity contribution is 0.251. The molecule has 0 radical (unpaired) electrons. The molecule has 0 unspecified atom stereocenters. The fraction of sp³-hybridized carbons (Fsp3) is 0.0667. The summed E-state index contributed by atoms with van der Waals surface area (Å²) in [6, 6.07) is 8.77. The predicted octanol–water partition coefficient (Wildman–Crippen LogP) is 2.75. The van der Waals surface area contributed by atoms with E-state index in [9.17, 15) is 4.79 Å². The van der Waals surface area contributed by atoms with Gasteiger partial charge >= 0.3 is 6.03 Å². The van der Waals surface area contributed by atoms with Crippen molar-refractivity contribution in [3.63, 3.8) is 0 Å². The van der Waals surface area contributed by atoms with Crippen LogP contribution in [0.3, 0.4) is 0 Å². The topological polar surface area (TPSA) is 84.7 Å². The van der Waals surface area contributed by atoms with Crippen LogP contribution in [0.25, 0.3) is 5.82 Å². The van der Waals surface area contributed by atoms with E-state index in [1.165, 1.54) is 0 Å². The van der Waals surface area contributed by atoms with Gasteiger partial charge in [0.05, 0.1) is 5.69 Å². The molecule has 0 aliphatic carbocycles. The molecule has 23 heavy (non-hydrogen) atoms. The molecule has 3 heterocycles. The Labute approximate surface area is 140 Å². The Morgan fingerprint density at radius 2 is 2.09 bits per heavy atom. The van der Waals surface area contributed by atoms with Gasteiger partial charge in [-0.1, -0.05) is 6.07 Å². The van der Waals surface area contributed by atoms with Gasteiger partial charge in [0.1, 0.15) is 4.60 Å². The lowest BCUT2D eigenvalue weighted by Gasteiger charge is -2.09. The number of hydrogen-bond donors (Lipinski definition) is 2. The van der Waals surface area contributed by atoms with Gasteiger partial charge in [-0.2, -0.15) is 5.10 Å². The number of hydrogen-bond acceptors (Lipinski definition) is 4. The first-order valence-corrected chi connectivity index (χ1v) is 7.62. The van der Waals surface area contributed by atoms with Crippen molar-refractivity contribution < 1.29 is 4.79 Å². The van der Waals surface area contributed by atoms with Crippen molar-refractivity contribution in [2.45, 2.75) is 6.54 Å². The first kappa shape index (κ1) is 15.2. The van der Waals surface area contributed by atoms with E-state index < -0.39 is 0 Å². The molecular formula is C15H13BrN6O. The fourth-order valence-corrected chi connectivity index (χ4v) is 2.24. The van der Waals surface area contributed by atoms with E-state index in [-0.39, 0.29) is 6.03 Å². The van der Waals surface area contributed by atoms with Gasteiger partial charge in [0.25, 0.3) is 0 Å². The largest absolute Gasteiger partial charge is 0.334 e. The molecule has 0 saturated carbocycles. The molecule has 0 bridgehead atoms. The van der Waals surface area contributed by atoms with Crippen LogP contribution in [0, 0.1) is 0 Å². The average Bonchev–Trinajstić information content (AvgIpc) is 3.10. The van der Waals surface area contributed by atoms with Crippen molar-refractivity contribution in [2.75, 3.05) is 5.32 Å². The van der Waals surface area contributed by atoms with Crippen LogP contribution in [0.15, 0.2) is 59.7 Å². The maximum absolute atomic E-state index is 11.9. The minimum atomic E-state index is -0.310. The zero-order valence-electron chi connectivity index (χ0n) is 12.0. The summed E-state index contributed by atoms with van der Waals surface area (Å²) in [6.07, 6.45) is 6.86. The lowest BCUT2D eigenvalue weighted by Crippen LogP contribution is -2.28. The third-order valence-electron chi connectivity index (χ3n) is 3.01. The van der Waals surface area contributed by atoms with Crippen molar-refractivity contribution >= 4 is 27.6 Å². The molecule has 0 spiro atoms. The van der Waals surface area contributed by atoms with E-state index in [0.717, 1.165) is 11.4 Å². The van der Waals surface area contributed by atoms with E-state index >= 15 is 0 Å². The molecule has 0 saturated heterocycles. The molecule has 2 amide bonds. The van der Waals surface area contributed by atoms with Crippen LogP contribution >= 0.6 is 15.9 Å². The Bertz CT molecular complexity index is 788. The fourth-order valence-electron chi connectivity index (χ4n) is 1.89. The molecule has 3 rings (SSSR count). The second-order valence-electron chi connectivity index (χ2n) is 4.62. The molecule has 3 aromatic heterocycles. The minimum Gasteiger partial charge on any atom is -0.334 e. The SMILES string of the molecule is O=C(NCc1ccc(-n2cccn2)nc1)Nc1cccnc1Br. The number of aromatic nitrogens is 4. The normalized spacial score (nSPS) is 10.3. The summed E-state index contributed by atoms with van der Waals surface area (Å²) >= 11 is 3.28. The zero-order valence-corrected chi connectivity index (χ0v) is 13.6. The van der Waals surface area contributed by atoms with Crippen molar-refractivity contribution in [2.24, 2.45) is 0 Å². The minimum absolute atomic E-state index is 0.310.